The van der Waals surface area contributed by atoms with Crippen molar-refractivity contribution in [2.45, 2.75) is 32.0 Å². The van der Waals surface area contributed by atoms with Crippen LogP contribution < -0.4 is 4.90 Å². The molecule has 132 valence electrons. The molecular formula is C19H24N4O2. The Morgan fingerprint density at radius 3 is 2.88 bits per heavy atom. The van der Waals surface area contributed by atoms with Crippen LogP contribution in [-0.4, -0.2) is 47.4 Å². The van der Waals surface area contributed by atoms with Gasteiger partial charge >= 0.3 is 0 Å². The summed E-state index contributed by atoms with van der Waals surface area (Å²) in [5.74, 6) is 0.802. The standard InChI is InChI=1S/C19H24N4O2/c1-2-8-20-16(5-1)13-24-15-19-7-3-12-25-17(19)6-11-23(14-19)18-21-9-4-10-22-18/h1-2,4-5,8-10,17H,3,6-7,11-15H2. The zero-order valence-electron chi connectivity index (χ0n) is 14.4. The minimum Gasteiger partial charge on any atom is -0.377 e. The zero-order valence-corrected chi connectivity index (χ0v) is 14.4. The van der Waals surface area contributed by atoms with E-state index in [0.29, 0.717) is 13.2 Å². The fourth-order valence-corrected chi connectivity index (χ4v) is 3.97. The summed E-state index contributed by atoms with van der Waals surface area (Å²) < 4.78 is 12.2. The van der Waals surface area contributed by atoms with E-state index in [4.69, 9.17) is 9.47 Å². The normalized spacial score (nSPS) is 26.2. The van der Waals surface area contributed by atoms with Gasteiger partial charge < -0.3 is 14.4 Å². The molecule has 4 rings (SSSR count). The lowest BCUT2D eigenvalue weighted by molar-refractivity contribution is -0.128. The second-order valence-corrected chi connectivity index (χ2v) is 6.90. The number of piperidine rings is 1. The van der Waals surface area contributed by atoms with Crippen LogP contribution >= 0.6 is 0 Å². The Hall–Kier alpha value is -2.05. The number of anilines is 1. The van der Waals surface area contributed by atoms with Gasteiger partial charge in [0.05, 0.1) is 25.0 Å². The van der Waals surface area contributed by atoms with Crippen molar-refractivity contribution in [2.75, 3.05) is 31.2 Å². The highest BCUT2D eigenvalue weighted by molar-refractivity contribution is 5.31. The molecule has 0 bridgehead atoms. The molecule has 0 amide bonds. The van der Waals surface area contributed by atoms with Crippen LogP contribution in [0.3, 0.4) is 0 Å². The maximum absolute atomic E-state index is 6.11. The third-order valence-corrected chi connectivity index (χ3v) is 5.19. The number of pyridine rings is 1. The van der Waals surface area contributed by atoms with Crippen LogP contribution in [-0.2, 0) is 16.1 Å². The molecule has 2 aromatic rings. The number of rotatable bonds is 5. The second kappa shape index (κ2) is 7.45. The Morgan fingerprint density at radius 2 is 2.04 bits per heavy atom. The van der Waals surface area contributed by atoms with Crippen molar-refractivity contribution in [2.24, 2.45) is 5.41 Å². The van der Waals surface area contributed by atoms with Crippen molar-refractivity contribution in [3.8, 4) is 0 Å². The monoisotopic (exact) mass is 340 g/mol. The van der Waals surface area contributed by atoms with Gasteiger partial charge in [-0.15, -0.1) is 0 Å². The van der Waals surface area contributed by atoms with Gasteiger partial charge in [-0.3, -0.25) is 4.98 Å². The molecule has 6 heteroatoms. The van der Waals surface area contributed by atoms with Crippen LogP contribution in [0, 0.1) is 5.41 Å². The third kappa shape index (κ3) is 3.65. The van der Waals surface area contributed by atoms with Crippen LogP contribution in [0.1, 0.15) is 25.0 Å². The van der Waals surface area contributed by atoms with Crippen molar-refractivity contribution in [3.05, 3.63) is 48.5 Å². The molecule has 2 aliphatic heterocycles. The Balaban J connectivity index is 1.46. The Bertz CT molecular complexity index is 670. The third-order valence-electron chi connectivity index (χ3n) is 5.19. The number of aromatic nitrogens is 3. The van der Waals surface area contributed by atoms with Gasteiger partial charge in [-0.25, -0.2) is 9.97 Å². The van der Waals surface area contributed by atoms with Gasteiger partial charge in [0, 0.05) is 43.7 Å². The molecule has 0 spiro atoms. The van der Waals surface area contributed by atoms with Crippen LogP contribution in [0.25, 0.3) is 0 Å². The largest absolute Gasteiger partial charge is 0.377 e. The summed E-state index contributed by atoms with van der Waals surface area (Å²) in [7, 11) is 0. The quantitative estimate of drug-likeness (QED) is 0.833. The summed E-state index contributed by atoms with van der Waals surface area (Å²) >= 11 is 0. The number of fused-ring (bicyclic) bond motifs is 1. The molecule has 2 aliphatic rings. The summed E-state index contributed by atoms with van der Waals surface area (Å²) in [5, 5.41) is 0. The fourth-order valence-electron chi connectivity index (χ4n) is 3.97. The smallest absolute Gasteiger partial charge is 0.225 e. The molecule has 4 heterocycles. The van der Waals surface area contributed by atoms with Crippen molar-refractivity contribution in [1.82, 2.24) is 15.0 Å². The Kier molecular flexibility index (Phi) is 4.90. The van der Waals surface area contributed by atoms with E-state index in [1.165, 1.54) is 0 Å². The summed E-state index contributed by atoms with van der Waals surface area (Å²) in [4.78, 5) is 15.5. The SMILES string of the molecule is c1ccc(COCC23CCCOC2CCN(c2ncccn2)C3)nc1. The summed E-state index contributed by atoms with van der Waals surface area (Å²) in [6.07, 6.45) is 8.84. The highest BCUT2D eigenvalue weighted by Crippen LogP contribution is 2.41. The van der Waals surface area contributed by atoms with Crippen molar-refractivity contribution >= 4 is 5.95 Å². The molecule has 25 heavy (non-hydrogen) atoms. The lowest BCUT2D eigenvalue weighted by Gasteiger charge is -2.50. The minimum absolute atomic E-state index is 0.00445. The molecule has 2 atom stereocenters. The van der Waals surface area contributed by atoms with Crippen molar-refractivity contribution < 1.29 is 9.47 Å². The van der Waals surface area contributed by atoms with Gasteiger partial charge in [-0.2, -0.15) is 0 Å². The molecule has 2 saturated heterocycles. The Labute approximate surface area is 148 Å². The first kappa shape index (κ1) is 16.4. The minimum atomic E-state index is 0.00445. The van der Waals surface area contributed by atoms with E-state index >= 15 is 0 Å². The van der Waals surface area contributed by atoms with Crippen LogP contribution in [0.15, 0.2) is 42.9 Å². The average Bonchev–Trinajstić information content (AvgIpc) is 2.69. The molecule has 2 unspecified atom stereocenters. The van der Waals surface area contributed by atoms with Gasteiger partial charge in [0.25, 0.3) is 0 Å². The van der Waals surface area contributed by atoms with E-state index in [1.54, 1.807) is 18.6 Å². The first-order valence-electron chi connectivity index (χ1n) is 8.97. The number of ether oxygens (including phenoxy) is 2. The van der Waals surface area contributed by atoms with Gasteiger partial charge in [0.15, 0.2) is 0 Å². The Morgan fingerprint density at radius 1 is 1.16 bits per heavy atom. The van der Waals surface area contributed by atoms with E-state index in [9.17, 15) is 0 Å². The maximum atomic E-state index is 6.11. The molecule has 0 aliphatic carbocycles. The summed E-state index contributed by atoms with van der Waals surface area (Å²) in [5.41, 5.74) is 0.969. The molecular weight excluding hydrogens is 316 g/mol. The first-order chi connectivity index (χ1) is 12.4. The lowest BCUT2D eigenvalue weighted by Crippen LogP contribution is -2.57. The van der Waals surface area contributed by atoms with E-state index in [0.717, 1.165) is 50.6 Å². The van der Waals surface area contributed by atoms with Crippen molar-refractivity contribution in [1.29, 1.82) is 0 Å². The number of hydrogen-bond donors (Lipinski definition) is 0. The average molecular weight is 340 g/mol. The molecule has 2 aromatic heterocycles. The van der Waals surface area contributed by atoms with Crippen LogP contribution in [0.2, 0.25) is 0 Å². The number of hydrogen-bond acceptors (Lipinski definition) is 6. The topological polar surface area (TPSA) is 60.4 Å². The molecule has 6 nitrogen and oxygen atoms in total. The summed E-state index contributed by atoms with van der Waals surface area (Å²) in [6, 6.07) is 7.76. The van der Waals surface area contributed by atoms with E-state index < -0.39 is 0 Å². The molecule has 0 saturated carbocycles. The zero-order chi connectivity index (χ0) is 17.0. The van der Waals surface area contributed by atoms with Crippen LogP contribution in [0.5, 0.6) is 0 Å². The predicted molar refractivity (Wildman–Crippen MR) is 94.2 cm³/mol. The highest BCUT2D eigenvalue weighted by Gasteiger charge is 2.46. The van der Waals surface area contributed by atoms with E-state index in [2.05, 4.69) is 19.9 Å². The second-order valence-electron chi connectivity index (χ2n) is 6.90. The van der Waals surface area contributed by atoms with Crippen LogP contribution in [0.4, 0.5) is 5.95 Å². The van der Waals surface area contributed by atoms with Gasteiger partial charge in [-0.1, -0.05) is 6.07 Å². The van der Waals surface area contributed by atoms with E-state index in [-0.39, 0.29) is 11.5 Å². The molecule has 0 aromatic carbocycles. The lowest BCUT2D eigenvalue weighted by atomic mass is 9.73. The van der Waals surface area contributed by atoms with Gasteiger partial charge in [-0.05, 0) is 37.5 Å². The predicted octanol–water partition coefficient (Wildman–Crippen LogP) is 2.46. The fraction of sp³-hybridized carbons (Fsp3) is 0.526. The highest BCUT2D eigenvalue weighted by atomic mass is 16.5. The van der Waals surface area contributed by atoms with Gasteiger partial charge in [0.1, 0.15) is 0 Å². The number of nitrogens with zero attached hydrogens (tertiary/aromatic N) is 4. The summed E-state index contributed by atoms with van der Waals surface area (Å²) in [6.45, 7) is 3.88. The maximum Gasteiger partial charge on any atom is 0.225 e. The van der Waals surface area contributed by atoms with Gasteiger partial charge in [0.2, 0.25) is 5.95 Å². The van der Waals surface area contributed by atoms with Crippen molar-refractivity contribution in [3.63, 3.8) is 0 Å². The van der Waals surface area contributed by atoms with E-state index in [1.807, 2.05) is 24.3 Å². The first-order valence-corrected chi connectivity index (χ1v) is 8.97. The molecule has 2 fully saturated rings. The molecule has 0 radical (unpaired) electrons. The molecule has 0 N–H and O–H groups in total.